The molecule has 3 N–H and O–H groups in total. The highest BCUT2D eigenvalue weighted by Crippen LogP contribution is 2.15. The molecule has 1 atom stereocenters. The number of amides is 1. The Labute approximate surface area is 113 Å². The Kier molecular flexibility index (Phi) is 6.25. The van der Waals surface area contributed by atoms with Crippen LogP contribution >= 0.6 is 0 Å². The first kappa shape index (κ1) is 15.4. The van der Waals surface area contributed by atoms with E-state index in [4.69, 9.17) is 10.2 Å². The van der Waals surface area contributed by atoms with Gasteiger partial charge in [0.15, 0.2) is 0 Å². The summed E-state index contributed by atoms with van der Waals surface area (Å²) < 4.78 is 0. The number of hydrogen-bond acceptors (Lipinski definition) is 3. The lowest BCUT2D eigenvalue weighted by Gasteiger charge is -2.07. The number of aliphatic hydroxyl groups excluding tert-OH is 2. The Morgan fingerprint density at radius 3 is 2.47 bits per heavy atom. The number of benzene rings is 1. The van der Waals surface area contributed by atoms with Crippen molar-refractivity contribution in [2.45, 2.75) is 25.9 Å². The second-order valence-electron chi connectivity index (χ2n) is 4.74. The monoisotopic (exact) mass is 263 g/mol. The fourth-order valence-corrected chi connectivity index (χ4v) is 1.51. The van der Waals surface area contributed by atoms with Crippen molar-refractivity contribution in [3.8, 4) is 0 Å². The van der Waals surface area contributed by atoms with E-state index in [-0.39, 0.29) is 19.1 Å². The first-order valence-corrected chi connectivity index (χ1v) is 6.37. The second-order valence-corrected chi connectivity index (χ2v) is 4.74. The second kappa shape index (κ2) is 7.71. The van der Waals surface area contributed by atoms with Gasteiger partial charge in [0, 0.05) is 12.6 Å². The Hall–Kier alpha value is -1.65. The van der Waals surface area contributed by atoms with Crippen LogP contribution in [-0.4, -0.2) is 35.4 Å². The zero-order valence-corrected chi connectivity index (χ0v) is 11.3. The lowest BCUT2D eigenvalue weighted by molar-refractivity contribution is -0.117. The molecule has 4 nitrogen and oxygen atoms in total. The minimum atomic E-state index is -0.914. The number of nitrogens with one attached hydrogen (secondary N) is 1. The van der Waals surface area contributed by atoms with E-state index in [9.17, 15) is 4.79 Å². The maximum atomic E-state index is 11.4. The van der Waals surface area contributed by atoms with E-state index in [1.54, 1.807) is 6.08 Å². The van der Waals surface area contributed by atoms with Gasteiger partial charge >= 0.3 is 0 Å². The van der Waals surface area contributed by atoms with Gasteiger partial charge in [-0.05, 0) is 23.1 Å². The first-order valence-electron chi connectivity index (χ1n) is 6.37. The van der Waals surface area contributed by atoms with E-state index >= 15 is 0 Å². The molecule has 0 aliphatic heterocycles. The molecule has 1 aromatic carbocycles. The van der Waals surface area contributed by atoms with Crippen molar-refractivity contribution >= 4 is 12.0 Å². The standard InChI is InChI=1S/C15H21NO3/c1-11(2)13-6-3-12(4-7-13)5-8-15(19)16-9-14(18)10-17/h3-8,11,14,17-18H,9-10H2,1-2H3,(H,16,19). The molecule has 0 saturated heterocycles. The predicted molar refractivity (Wildman–Crippen MR) is 75.7 cm³/mol. The van der Waals surface area contributed by atoms with Gasteiger partial charge in [-0.3, -0.25) is 4.79 Å². The molecule has 19 heavy (non-hydrogen) atoms. The molecule has 0 saturated carbocycles. The van der Waals surface area contributed by atoms with Crippen LogP contribution in [0.3, 0.4) is 0 Å². The van der Waals surface area contributed by atoms with Crippen molar-refractivity contribution in [3.05, 3.63) is 41.5 Å². The highest BCUT2D eigenvalue weighted by atomic mass is 16.3. The van der Waals surface area contributed by atoms with Crippen LogP contribution in [0, 0.1) is 0 Å². The molecule has 0 radical (unpaired) electrons. The van der Waals surface area contributed by atoms with E-state index in [2.05, 4.69) is 19.2 Å². The zero-order valence-electron chi connectivity index (χ0n) is 11.3. The third-order valence-corrected chi connectivity index (χ3v) is 2.75. The van der Waals surface area contributed by atoms with E-state index < -0.39 is 6.10 Å². The van der Waals surface area contributed by atoms with Gasteiger partial charge < -0.3 is 15.5 Å². The average Bonchev–Trinajstić information content (AvgIpc) is 2.42. The van der Waals surface area contributed by atoms with Crippen LogP contribution in [0.25, 0.3) is 6.08 Å². The van der Waals surface area contributed by atoms with Crippen LogP contribution in [0.1, 0.15) is 30.9 Å². The molecule has 104 valence electrons. The summed E-state index contributed by atoms with van der Waals surface area (Å²) in [4.78, 5) is 11.4. The molecule has 0 heterocycles. The van der Waals surface area contributed by atoms with E-state index in [0.717, 1.165) is 5.56 Å². The summed E-state index contributed by atoms with van der Waals surface area (Å²) in [5.74, 6) is 0.196. The molecule has 0 aromatic heterocycles. The molecule has 1 amide bonds. The number of rotatable bonds is 6. The minimum Gasteiger partial charge on any atom is -0.394 e. The normalized spacial score (nSPS) is 12.9. The maximum absolute atomic E-state index is 11.4. The van der Waals surface area contributed by atoms with Crippen LogP contribution in [0.4, 0.5) is 0 Å². The molecular formula is C15H21NO3. The van der Waals surface area contributed by atoms with Crippen LogP contribution in [0.15, 0.2) is 30.3 Å². The third-order valence-electron chi connectivity index (χ3n) is 2.75. The molecule has 1 rings (SSSR count). The average molecular weight is 263 g/mol. The molecule has 1 unspecified atom stereocenters. The summed E-state index contributed by atoms with van der Waals surface area (Å²) in [6.07, 6.45) is 2.21. The zero-order chi connectivity index (χ0) is 14.3. The predicted octanol–water partition coefficient (Wildman–Crippen LogP) is 1.29. The summed E-state index contributed by atoms with van der Waals surface area (Å²) in [5, 5.41) is 20.2. The summed E-state index contributed by atoms with van der Waals surface area (Å²) in [5.41, 5.74) is 2.20. The van der Waals surface area contributed by atoms with E-state index in [0.29, 0.717) is 5.92 Å². The van der Waals surface area contributed by atoms with Gasteiger partial charge in [0.1, 0.15) is 0 Å². The number of carbonyl (C=O) groups is 1. The summed E-state index contributed by atoms with van der Waals surface area (Å²) >= 11 is 0. The number of hydrogen-bond donors (Lipinski definition) is 3. The van der Waals surface area contributed by atoms with Crippen molar-refractivity contribution in [2.24, 2.45) is 0 Å². The highest BCUT2D eigenvalue weighted by Gasteiger charge is 2.03. The van der Waals surface area contributed by atoms with E-state index in [1.165, 1.54) is 11.6 Å². The fourth-order valence-electron chi connectivity index (χ4n) is 1.51. The topological polar surface area (TPSA) is 69.6 Å². The molecule has 0 spiro atoms. The van der Waals surface area contributed by atoms with Crippen LogP contribution in [-0.2, 0) is 4.79 Å². The van der Waals surface area contributed by atoms with Crippen molar-refractivity contribution in [2.75, 3.05) is 13.2 Å². The molecule has 1 aromatic rings. The van der Waals surface area contributed by atoms with Gasteiger partial charge in [-0.1, -0.05) is 38.1 Å². The molecule has 0 fully saturated rings. The smallest absolute Gasteiger partial charge is 0.244 e. The Morgan fingerprint density at radius 2 is 1.95 bits per heavy atom. The van der Waals surface area contributed by atoms with Gasteiger partial charge in [0.25, 0.3) is 0 Å². The highest BCUT2D eigenvalue weighted by molar-refractivity contribution is 5.91. The molecule has 0 aliphatic rings. The largest absolute Gasteiger partial charge is 0.394 e. The molecule has 0 aliphatic carbocycles. The third kappa shape index (κ3) is 5.68. The van der Waals surface area contributed by atoms with E-state index in [1.807, 2.05) is 24.3 Å². The summed E-state index contributed by atoms with van der Waals surface area (Å²) in [7, 11) is 0. The van der Waals surface area contributed by atoms with Gasteiger partial charge in [-0.15, -0.1) is 0 Å². The Morgan fingerprint density at radius 1 is 1.32 bits per heavy atom. The van der Waals surface area contributed by atoms with Crippen LogP contribution in [0.5, 0.6) is 0 Å². The Balaban J connectivity index is 2.49. The van der Waals surface area contributed by atoms with Crippen LogP contribution < -0.4 is 5.32 Å². The minimum absolute atomic E-state index is 0.0476. The summed E-state index contributed by atoms with van der Waals surface area (Å²) in [6.45, 7) is 3.95. The van der Waals surface area contributed by atoms with Crippen molar-refractivity contribution in [1.29, 1.82) is 0 Å². The van der Waals surface area contributed by atoms with Crippen molar-refractivity contribution in [3.63, 3.8) is 0 Å². The molecule has 0 bridgehead atoms. The lowest BCUT2D eigenvalue weighted by atomic mass is 10.0. The number of aliphatic hydroxyl groups is 2. The Bertz CT molecular complexity index is 424. The quantitative estimate of drug-likeness (QED) is 0.677. The van der Waals surface area contributed by atoms with Crippen molar-refractivity contribution < 1.29 is 15.0 Å². The van der Waals surface area contributed by atoms with Gasteiger partial charge in [-0.2, -0.15) is 0 Å². The van der Waals surface area contributed by atoms with Crippen molar-refractivity contribution in [1.82, 2.24) is 5.32 Å². The molecular weight excluding hydrogens is 242 g/mol. The first-order chi connectivity index (χ1) is 9.02. The maximum Gasteiger partial charge on any atom is 0.244 e. The van der Waals surface area contributed by atoms with Gasteiger partial charge in [-0.25, -0.2) is 0 Å². The fraction of sp³-hybridized carbons (Fsp3) is 0.400. The molecule has 4 heteroatoms. The van der Waals surface area contributed by atoms with Gasteiger partial charge in [0.05, 0.1) is 12.7 Å². The number of carbonyl (C=O) groups excluding carboxylic acids is 1. The van der Waals surface area contributed by atoms with Gasteiger partial charge in [0.2, 0.25) is 5.91 Å². The van der Waals surface area contributed by atoms with Crippen LogP contribution in [0.2, 0.25) is 0 Å². The summed E-state index contributed by atoms with van der Waals surface area (Å²) in [6, 6.07) is 8.00. The SMILES string of the molecule is CC(C)c1ccc(C=CC(=O)NCC(O)CO)cc1. The lowest BCUT2D eigenvalue weighted by Crippen LogP contribution is -2.32.